The maximum Gasteiger partial charge on any atom is 0.414 e. The largest absolute Gasteiger partial charge is 0.461 e. The summed E-state index contributed by atoms with van der Waals surface area (Å²) in [5, 5.41) is 7.57. The second-order valence-electron chi connectivity index (χ2n) is 7.17. The van der Waals surface area contributed by atoms with E-state index in [1.165, 1.54) is 11.0 Å². The lowest BCUT2D eigenvalue weighted by Crippen LogP contribution is -2.34. The summed E-state index contributed by atoms with van der Waals surface area (Å²) in [6.45, 7) is 11.9. The SMILES string of the molecule is C=CCOC(=O)CN(C)Cc1ccc(N(C)C(=O)OC(C)(C)C)cc1.CCO. The van der Waals surface area contributed by atoms with E-state index in [2.05, 4.69) is 6.58 Å². The van der Waals surface area contributed by atoms with Crippen LogP contribution in [0.3, 0.4) is 0 Å². The maximum atomic E-state index is 12.1. The summed E-state index contributed by atoms with van der Waals surface area (Å²) in [5.41, 5.74) is 1.24. The van der Waals surface area contributed by atoms with Crippen molar-refractivity contribution in [3.8, 4) is 0 Å². The third-order valence-corrected chi connectivity index (χ3v) is 3.20. The number of anilines is 1. The number of esters is 1. The second kappa shape index (κ2) is 12.9. The first-order valence-electron chi connectivity index (χ1n) is 9.15. The van der Waals surface area contributed by atoms with Crippen LogP contribution in [0.4, 0.5) is 10.5 Å². The minimum atomic E-state index is -0.534. The van der Waals surface area contributed by atoms with E-state index in [0.717, 1.165) is 11.3 Å². The zero-order valence-corrected chi connectivity index (χ0v) is 17.9. The lowest BCUT2D eigenvalue weighted by molar-refractivity contribution is -0.143. The number of carbonyl (C=O) groups is 2. The highest BCUT2D eigenvalue weighted by atomic mass is 16.6. The van der Waals surface area contributed by atoms with Gasteiger partial charge in [-0.2, -0.15) is 0 Å². The summed E-state index contributed by atoms with van der Waals surface area (Å²) in [6.07, 6.45) is 1.14. The predicted octanol–water partition coefficient (Wildman–Crippen LogP) is 3.22. The normalized spacial score (nSPS) is 10.6. The molecule has 0 unspecified atom stereocenters. The molecule has 28 heavy (non-hydrogen) atoms. The van der Waals surface area contributed by atoms with Crippen LogP contribution in [0.25, 0.3) is 0 Å². The van der Waals surface area contributed by atoms with E-state index in [9.17, 15) is 9.59 Å². The number of amides is 1. The van der Waals surface area contributed by atoms with Gasteiger partial charge in [-0.1, -0.05) is 24.8 Å². The molecule has 0 fully saturated rings. The van der Waals surface area contributed by atoms with Crippen molar-refractivity contribution in [2.24, 2.45) is 0 Å². The van der Waals surface area contributed by atoms with E-state index >= 15 is 0 Å². The third kappa shape index (κ3) is 11.4. The number of carbonyl (C=O) groups excluding carboxylic acids is 2. The molecule has 7 nitrogen and oxygen atoms in total. The molecule has 0 atom stereocenters. The molecule has 0 aliphatic carbocycles. The van der Waals surface area contributed by atoms with Crippen LogP contribution < -0.4 is 4.90 Å². The molecule has 158 valence electrons. The van der Waals surface area contributed by atoms with Crippen LogP contribution in [0.5, 0.6) is 0 Å². The average Bonchev–Trinajstić information content (AvgIpc) is 2.59. The molecule has 7 heteroatoms. The highest BCUT2D eigenvalue weighted by Gasteiger charge is 2.20. The van der Waals surface area contributed by atoms with Crippen molar-refractivity contribution in [3.63, 3.8) is 0 Å². The molecular formula is C21H34N2O5. The maximum absolute atomic E-state index is 12.1. The Hall–Kier alpha value is -2.38. The Bertz CT molecular complexity index is 608. The van der Waals surface area contributed by atoms with Gasteiger partial charge in [0.2, 0.25) is 0 Å². The standard InChI is InChI=1S/C19H28N2O4.C2H6O/c1-7-12-24-17(22)14-20(5)13-15-8-10-16(11-9-15)21(6)18(23)25-19(2,3)4;1-2-3/h7-11H,1,12-14H2,2-6H3;3H,2H2,1H3. The van der Waals surface area contributed by atoms with Gasteiger partial charge in [-0.15, -0.1) is 0 Å². The fourth-order valence-electron chi connectivity index (χ4n) is 2.05. The first-order valence-corrected chi connectivity index (χ1v) is 9.15. The molecule has 1 rings (SSSR count). The number of nitrogens with zero attached hydrogens (tertiary/aromatic N) is 2. The van der Waals surface area contributed by atoms with Crippen LogP contribution in [0.1, 0.15) is 33.3 Å². The summed E-state index contributed by atoms with van der Waals surface area (Å²) in [5.74, 6) is -0.288. The van der Waals surface area contributed by atoms with Crippen LogP contribution >= 0.6 is 0 Å². The molecule has 0 heterocycles. The van der Waals surface area contributed by atoms with Gasteiger partial charge < -0.3 is 14.6 Å². The molecule has 0 saturated heterocycles. The van der Waals surface area contributed by atoms with E-state index < -0.39 is 11.7 Å². The lowest BCUT2D eigenvalue weighted by Gasteiger charge is -2.25. The van der Waals surface area contributed by atoms with Crippen LogP contribution in [0.15, 0.2) is 36.9 Å². The van der Waals surface area contributed by atoms with Gasteiger partial charge in [0.25, 0.3) is 0 Å². The Kier molecular flexibility index (Phi) is 11.8. The van der Waals surface area contributed by atoms with Gasteiger partial charge in [0.05, 0.1) is 6.54 Å². The summed E-state index contributed by atoms with van der Waals surface area (Å²) in [4.78, 5) is 27.0. The van der Waals surface area contributed by atoms with Crippen molar-refractivity contribution in [2.45, 2.75) is 39.8 Å². The summed E-state index contributed by atoms with van der Waals surface area (Å²) < 4.78 is 10.3. The molecule has 1 N–H and O–H groups in total. The number of aliphatic hydroxyl groups excluding tert-OH is 1. The topological polar surface area (TPSA) is 79.3 Å². The fourth-order valence-corrected chi connectivity index (χ4v) is 2.05. The number of hydrogen-bond acceptors (Lipinski definition) is 6. The zero-order chi connectivity index (χ0) is 21.7. The smallest absolute Gasteiger partial charge is 0.414 e. The number of aliphatic hydroxyl groups is 1. The van der Waals surface area contributed by atoms with Crippen LogP contribution in [0.2, 0.25) is 0 Å². The molecule has 0 bridgehead atoms. The Morgan fingerprint density at radius 2 is 1.71 bits per heavy atom. The Morgan fingerprint density at radius 3 is 2.18 bits per heavy atom. The van der Waals surface area contributed by atoms with E-state index in [1.54, 1.807) is 14.0 Å². The molecule has 1 amide bonds. The quantitative estimate of drug-likeness (QED) is 0.565. The molecule has 0 spiro atoms. The first kappa shape index (κ1) is 25.6. The van der Waals surface area contributed by atoms with Crippen molar-refractivity contribution < 1.29 is 24.2 Å². The van der Waals surface area contributed by atoms with E-state index in [4.69, 9.17) is 14.6 Å². The van der Waals surface area contributed by atoms with Gasteiger partial charge in [0, 0.05) is 25.9 Å². The minimum Gasteiger partial charge on any atom is -0.461 e. The molecule has 1 aromatic rings. The second-order valence-corrected chi connectivity index (χ2v) is 7.17. The fraction of sp³-hybridized carbons (Fsp3) is 0.524. The first-order chi connectivity index (χ1) is 13.0. The Morgan fingerprint density at radius 1 is 1.18 bits per heavy atom. The number of benzene rings is 1. The third-order valence-electron chi connectivity index (χ3n) is 3.20. The summed E-state index contributed by atoms with van der Waals surface area (Å²) >= 11 is 0. The van der Waals surface area contributed by atoms with Crippen LogP contribution in [-0.2, 0) is 20.8 Å². The van der Waals surface area contributed by atoms with Gasteiger partial charge >= 0.3 is 12.1 Å². The molecule has 0 radical (unpaired) electrons. The summed E-state index contributed by atoms with van der Waals surface area (Å²) in [6, 6.07) is 7.54. The zero-order valence-electron chi connectivity index (χ0n) is 17.9. The van der Waals surface area contributed by atoms with E-state index in [-0.39, 0.29) is 25.7 Å². The van der Waals surface area contributed by atoms with Gasteiger partial charge in [-0.05, 0) is 52.4 Å². The van der Waals surface area contributed by atoms with E-state index in [0.29, 0.717) is 6.54 Å². The Balaban J connectivity index is 0.00000227. The highest BCUT2D eigenvalue weighted by molar-refractivity contribution is 5.87. The number of hydrogen-bond donors (Lipinski definition) is 1. The van der Waals surface area contributed by atoms with Crippen LogP contribution in [-0.4, -0.2) is 61.5 Å². The predicted molar refractivity (Wildman–Crippen MR) is 111 cm³/mol. The Labute approximate surface area is 168 Å². The lowest BCUT2D eigenvalue weighted by atomic mass is 10.2. The molecule has 0 aromatic heterocycles. The van der Waals surface area contributed by atoms with Gasteiger partial charge in [-0.25, -0.2) is 4.79 Å². The van der Waals surface area contributed by atoms with Crippen molar-refractivity contribution in [3.05, 3.63) is 42.5 Å². The minimum absolute atomic E-state index is 0.202. The van der Waals surface area contributed by atoms with Crippen molar-refractivity contribution in [1.29, 1.82) is 0 Å². The van der Waals surface area contributed by atoms with Crippen molar-refractivity contribution in [1.82, 2.24) is 4.90 Å². The van der Waals surface area contributed by atoms with Crippen LogP contribution in [0, 0.1) is 0 Å². The van der Waals surface area contributed by atoms with Gasteiger partial charge in [0.15, 0.2) is 0 Å². The average molecular weight is 395 g/mol. The number of rotatable bonds is 7. The van der Waals surface area contributed by atoms with E-state index in [1.807, 2.05) is 57.0 Å². The van der Waals surface area contributed by atoms with Crippen molar-refractivity contribution >= 4 is 17.7 Å². The van der Waals surface area contributed by atoms with Gasteiger partial charge in [-0.3, -0.25) is 14.6 Å². The molecule has 1 aromatic carbocycles. The number of ether oxygens (including phenoxy) is 2. The monoisotopic (exact) mass is 394 g/mol. The molecular weight excluding hydrogens is 360 g/mol. The molecule has 0 aliphatic rings. The molecule has 0 saturated carbocycles. The van der Waals surface area contributed by atoms with Gasteiger partial charge in [0.1, 0.15) is 12.2 Å². The molecule has 0 aliphatic heterocycles. The van der Waals surface area contributed by atoms with Crippen molar-refractivity contribution in [2.75, 3.05) is 38.8 Å². The number of likely N-dealkylation sites (N-methyl/N-ethyl adjacent to an activating group) is 1. The highest BCUT2D eigenvalue weighted by Crippen LogP contribution is 2.18. The summed E-state index contributed by atoms with van der Waals surface area (Å²) in [7, 11) is 3.51.